The number of carboxylic acid groups (broad SMARTS) is 1. The Morgan fingerprint density at radius 1 is 1.53 bits per heavy atom. The summed E-state index contributed by atoms with van der Waals surface area (Å²) in [5.74, 6) is -0.795. The van der Waals surface area contributed by atoms with Crippen LogP contribution in [0.3, 0.4) is 0 Å². The molecule has 1 aliphatic heterocycles. The predicted molar refractivity (Wildman–Crippen MR) is 60.5 cm³/mol. The van der Waals surface area contributed by atoms with Crippen LogP contribution in [-0.2, 0) is 11.2 Å². The van der Waals surface area contributed by atoms with Gasteiger partial charge in [-0.3, -0.25) is 4.79 Å². The van der Waals surface area contributed by atoms with Gasteiger partial charge in [0.05, 0.1) is 0 Å². The number of hydrogen-bond acceptors (Lipinski definition) is 2. The van der Waals surface area contributed by atoms with Gasteiger partial charge in [-0.2, -0.15) is 0 Å². The molecular weight excluding hydrogens is 214 g/mol. The maximum Gasteiger partial charge on any atom is 0.325 e. The van der Waals surface area contributed by atoms with Crippen LogP contribution in [0, 0.1) is 6.92 Å². The molecule has 1 heterocycles. The fraction of sp³-hybridized carbons (Fsp3) is 0.364. The second-order valence-electron chi connectivity index (χ2n) is 3.62. The molecule has 0 saturated heterocycles. The van der Waals surface area contributed by atoms with Crippen LogP contribution in [0.4, 0.5) is 0 Å². The van der Waals surface area contributed by atoms with Gasteiger partial charge in [0.1, 0.15) is 6.04 Å². The summed E-state index contributed by atoms with van der Waals surface area (Å²) in [6.07, 6.45) is 0.922. The van der Waals surface area contributed by atoms with Crippen LogP contribution in [-0.4, -0.2) is 17.6 Å². The van der Waals surface area contributed by atoms with Crippen LogP contribution in [0.5, 0.6) is 0 Å². The molecule has 2 N–H and O–H groups in total. The third kappa shape index (κ3) is 2.13. The van der Waals surface area contributed by atoms with Crippen molar-refractivity contribution >= 4 is 18.4 Å². The standard InChI is InChI=1S/C11H13NO2.ClH/c1-7-3-2-4-9-8(7)5-6-12-10(9)11(13)14;/h2-4,10,12H,5-6H2,1H3,(H,13,14);1H. The van der Waals surface area contributed by atoms with E-state index in [2.05, 4.69) is 5.32 Å². The van der Waals surface area contributed by atoms with Gasteiger partial charge in [-0.15, -0.1) is 12.4 Å². The van der Waals surface area contributed by atoms with Gasteiger partial charge in [0, 0.05) is 6.54 Å². The summed E-state index contributed by atoms with van der Waals surface area (Å²) in [4.78, 5) is 11.0. The molecule has 1 aromatic rings. The fourth-order valence-corrected chi connectivity index (χ4v) is 2.01. The number of aryl methyl sites for hydroxylation is 1. The number of rotatable bonds is 1. The van der Waals surface area contributed by atoms with E-state index in [1.165, 1.54) is 11.1 Å². The van der Waals surface area contributed by atoms with Crippen LogP contribution >= 0.6 is 12.4 Å². The largest absolute Gasteiger partial charge is 0.480 e. The molecule has 0 aliphatic carbocycles. The van der Waals surface area contributed by atoms with Crippen molar-refractivity contribution in [3.05, 3.63) is 34.9 Å². The molecule has 0 amide bonds. The summed E-state index contributed by atoms with van der Waals surface area (Å²) in [5.41, 5.74) is 3.30. The van der Waals surface area contributed by atoms with Crippen molar-refractivity contribution in [3.63, 3.8) is 0 Å². The van der Waals surface area contributed by atoms with E-state index in [1.54, 1.807) is 0 Å². The maximum absolute atomic E-state index is 11.0. The van der Waals surface area contributed by atoms with Gasteiger partial charge >= 0.3 is 5.97 Å². The third-order valence-electron chi connectivity index (χ3n) is 2.73. The Labute approximate surface area is 94.9 Å². The molecule has 3 nitrogen and oxygen atoms in total. The average Bonchev–Trinajstić information content (AvgIpc) is 2.17. The number of carboxylic acids is 1. The summed E-state index contributed by atoms with van der Waals surface area (Å²) >= 11 is 0. The normalized spacial score (nSPS) is 18.9. The molecule has 0 spiro atoms. The number of nitrogens with one attached hydrogen (secondary N) is 1. The molecule has 15 heavy (non-hydrogen) atoms. The van der Waals surface area contributed by atoms with E-state index < -0.39 is 12.0 Å². The van der Waals surface area contributed by atoms with Crippen molar-refractivity contribution in [3.8, 4) is 0 Å². The minimum absolute atomic E-state index is 0. The molecule has 82 valence electrons. The third-order valence-corrected chi connectivity index (χ3v) is 2.73. The second kappa shape index (κ2) is 4.64. The zero-order valence-electron chi connectivity index (χ0n) is 8.49. The predicted octanol–water partition coefficient (Wildman–Crippen LogP) is 1.69. The Kier molecular flexibility index (Phi) is 3.72. The highest BCUT2D eigenvalue weighted by Crippen LogP contribution is 2.25. The van der Waals surface area contributed by atoms with Crippen molar-refractivity contribution in [2.75, 3.05) is 6.54 Å². The zero-order chi connectivity index (χ0) is 10.1. The lowest BCUT2D eigenvalue weighted by molar-refractivity contribution is -0.139. The summed E-state index contributed by atoms with van der Waals surface area (Å²) in [6, 6.07) is 5.31. The van der Waals surface area contributed by atoms with E-state index in [0.29, 0.717) is 0 Å². The Bertz CT molecular complexity index is 379. The van der Waals surface area contributed by atoms with Crippen molar-refractivity contribution in [2.24, 2.45) is 0 Å². The highest BCUT2D eigenvalue weighted by molar-refractivity contribution is 5.85. The minimum atomic E-state index is -0.795. The Hall–Kier alpha value is -1.06. The molecule has 0 radical (unpaired) electrons. The van der Waals surface area contributed by atoms with Gasteiger partial charge < -0.3 is 10.4 Å². The van der Waals surface area contributed by atoms with Gasteiger partial charge in [-0.05, 0) is 30.0 Å². The molecule has 0 fully saturated rings. The van der Waals surface area contributed by atoms with Gasteiger partial charge in [-0.25, -0.2) is 0 Å². The first-order chi connectivity index (χ1) is 6.70. The number of hydrogen-bond donors (Lipinski definition) is 2. The molecule has 0 saturated carbocycles. The number of fused-ring (bicyclic) bond motifs is 1. The second-order valence-corrected chi connectivity index (χ2v) is 3.62. The van der Waals surface area contributed by atoms with E-state index in [0.717, 1.165) is 18.5 Å². The van der Waals surface area contributed by atoms with Crippen LogP contribution in [0.2, 0.25) is 0 Å². The lowest BCUT2D eigenvalue weighted by Gasteiger charge is -2.24. The Morgan fingerprint density at radius 2 is 2.27 bits per heavy atom. The highest BCUT2D eigenvalue weighted by Gasteiger charge is 2.25. The first-order valence-corrected chi connectivity index (χ1v) is 4.74. The molecule has 1 atom stereocenters. The first kappa shape index (κ1) is 12.0. The maximum atomic E-state index is 11.0. The van der Waals surface area contributed by atoms with Crippen LogP contribution < -0.4 is 5.32 Å². The van der Waals surface area contributed by atoms with E-state index in [4.69, 9.17) is 5.11 Å². The van der Waals surface area contributed by atoms with Gasteiger partial charge in [0.15, 0.2) is 0 Å². The van der Waals surface area contributed by atoms with Gasteiger partial charge in [-0.1, -0.05) is 18.2 Å². The van der Waals surface area contributed by atoms with Crippen molar-refractivity contribution in [1.82, 2.24) is 5.32 Å². The monoisotopic (exact) mass is 227 g/mol. The molecule has 4 heteroatoms. The van der Waals surface area contributed by atoms with Crippen molar-refractivity contribution < 1.29 is 9.90 Å². The summed E-state index contributed by atoms with van der Waals surface area (Å²) in [7, 11) is 0. The van der Waals surface area contributed by atoms with E-state index in [-0.39, 0.29) is 12.4 Å². The molecule has 2 rings (SSSR count). The molecular formula is C11H14ClNO2. The van der Waals surface area contributed by atoms with E-state index in [9.17, 15) is 4.79 Å². The van der Waals surface area contributed by atoms with Crippen LogP contribution in [0.15, 0.2) is 18.2 Å². The molecule has 1 aliphatic rings. The fourth-order valence-electron chi connectivity index (χ4n) is 2.01. The van der Waals surface area contributed by atoms with Crippen LogP contribution in [0.1, 0.15) is 22.7 Å². The minimum Gasteiger partial charge on any atom is -0.480 e. The number of benzene rings is 1. The smallest absolute Gasteiger partial charge is 0.325 e. The topological polar surface area (TPSA) is 49.3 Å². The zero-order valence-corrected chi connectivity index (χ0v) is 9.30. The number of carbonyl (C=O) groups is 1. The molecule has 0 bridgehead atoms. The highest BCUT2D eigenvalue weighted by atomic mass is 35.5. The first-order valence-electron chi connectivity index (χ1n) is 4.74. The number of aliphatic carboxylic acids is 1. The Morgan fingerprint density at radius 3 is 2.93 bits per heavy atom. The van der Waals surface area contributed by atoms with Gasteiger partial charge in [0.25, 0.3) is 0 Å². The summed E-state index contributed by atoms with van der Waals surface area (Å²) in [6.45, 7) is 2.78. The van der Waals surface area contributed by atoms with E-state index >= 15 is 0 Å². The van der Waals surface area contributed by atoms with Crippen molar-refractivity contribution in [1.29, 1.82) is 0 Å². The lowest BCUT2D eigenvalue weighted by atomic mass is 9.91. The Balaban J connectivity index is 0.00000112. The van der Waals surface area contributed by atoms with Crippen molar-refractivity contribution in [2.45, 2.75) is 19.4 Å². The van der Waals surface area contributed by atoms with Gasteiger partial charge in [0.2, 0.25) is 0 Å². The summed E-state index contributed by atoms with van der Waals surface area (Å²) < 4.78 is 0. The SMILES string of the molecule is Cc1cccc2c1CCNC2C(=O)O.Cl. The average molecular weight is 228 g/mol. The molecule has 1 unspecified atom stereocenters. The van der Waals surface area contributed by atoms with E-state index in [1.807, 2.05) is 25.1 Å². The molecule has 0 aromatic heterocycles. The quantitative estimate of drug-likeness (QED) is 0.768. The lowest BCUT2D eigenvalue weighted by Crippen LogP contribution is -2.35. The molecule has 1 aromatic carbocycles. The summed E-state index contributed by atoms with van der Waals surface area (Å²) in [5, 5.41) is 12.0. The van der Waals surface area contributed by atoms with Crippen LogP contribution in [0.25, 0.3) is 0 Å². The number of halogens is 1.